The second-order valence-electron chi connectivity index (χ2n) is 3.24. The van der Waals surface area contributed by atoms with E-state index < -0.39 is 0 Å². The highest BCUT2D eigenvalue weighted by molar-refractivity contribution is 5.75. The summed E-state index contributed by atoms with van der Waals surface area (Å²) in [5.74, 6) is 0. The van der Waals surface area contributed by atoms with Gasteiger partial charge >= 0.3 is 0 Å². The first-order valence-corrected chi connectivity index (χ1v) is 5.13. The van der Waals surface area contributed by atoms with Gasteiger partial charge in [-0.2, -0.15) is 0 Å². The molecular formula is C11H14N4O. The summed E-state index contributed by atoms with van der Waals surface area (Å²) in [5.41, 5.74) is 9.88. The quantitative estimate of drug-likeness (QED) is 0.319. The number of benzene rings is 1. The van der Waals surface area contributed by atoms with E-state index in [1.165, 1.54) is 0 Å². The second kappa shape index (κ2) is 6.48. The van der Waals surface area contributed by atoms with Crippen LogP contribution in [0, 0.1) is 0 Å². The van der Waals surface area contributed by atoms with E-state index in [1.807, 2.05) is 19.1 Å². The van der Waals surface area contributed by atoms with Crippen molar-refractivity contribution in [3.05, 3.63) is 40.3 Å². The standard InChI is InChI=1S/C11H14N4O/c1-2-15(8-7-13-14-12)11-5-3-10(9-16)4-6-11/h3-6,9H,2,7-8H2,1H3. The first-order valence-electron chi connectivity index (χ1n) is 5.13. The summed E-state index contributed by atoms with van der Waals surface area (Å²) in [6.45, 7) is 3.99. The van der Waals surface area contributed by atoms with Crippen LogP contribution in [0.1, 0.15) is 17.3 Å². The van der Waals surface area contributed by atoms with Crippen LogP contribution in [-0.4, -0.2) is 25.9 Å². The zero-order chi connectivity index (χ0) is 11.8. The molecule has 0 saturated heterocycles. The molecule has 0 spiro atoms. The molecule has 0 aliphatic rings. The van der Waals surface area contributed by atoms with Gasteiger partial charge in [0, 0.05) is 35.8 Å². The lowest BCUT2D eigenvalue weighted by Gasteiger charge is -2.22. The number of nitrogens with zero attached hydrogens (tertiary/aromatic N) is 4. The maximum Gasteiger partial charge on any atom is 0.150 e. The van der Waals surface area contributed by atoms with Gasteiger partial charge in [0.15, 0.2) is 0 Å². The number of likely N-dealkylation sites (N-methyl/N-ethyl adjacent to an activating group) is 1. The van der Waals surface area contributed by atoms with Gasteiger partial charge in [0.25, 0.3) is 0 Å². The van der Waals surface area contributed by atoms with E-state index in [-0.39, 0.29) is 0 Å². The average Bonchev–Trinajstić information content (AvgIpc) is 2.35. The fourth-order valence-corrected chi connectivity index (χ4v) is 1.44. The minimum Gasteiger partial charge on any atom is -0.372 e. The van der Waals surface area contributed by atoms with E-state index in [2.05, 4.69) is 14.9 Å². The Morgan fingerprint density at radius 1 is 1.44 bits per heavy atom. The van der Waals surface area contributed by atoms with Gasteiger partial charge in [-0.25, -0.2) is 0 Å². The Morgan fingerprint density at radius 3 is 2.62 bits per heavy atom. The van der Waals surface area contributed by atoms with Crippen molar-refractivity contribution in [2.45, 2.75) is 6.92 Å². The largest absolute Gasteiger partial charge is 0.372 e. The zero-order valence-electron chi connectivity index (χ0n) is 9.21. The summed E-state index contributed by atoms with van der Waals surface area (Å²) < 4.78 is 0. The summed E-state index contributed by atoms with van der Waals surface area (Å²) in [7, 11) is 0. The van der Waals surface area contributed by atoms with Crippen molar-refractivity contribution in [1.82, 2.24) is 0 Å². The topological polar surface area (TPSA) is 69.1 Å². The molecule has 0 atom stereocenters. The fraction of sp³-hybridized carbons (Fsp3) is 0.364. The molecule has 1 rings (SSSR count). The van der Waals surface area contributed by atoms with Gasteiger partial charge < -0.3 is 4.90 Å². The first-order chi connectivity index (χ1) is 7.81. The Kier molecular flexibility index (Phi) is 4.89. The molecule has 5 nitrogen and oxygen atoms in total. The Morgan fingerprint density at radius 2 is 2.12 bits per heavy atom. The SMILES string of the molecule is CCN(CCN=[N+]=[N-])c1ccc(C=O)cc1. The lowest BCUT2D eigenvalue weighted by molar-refractivity contribution is 0.112. The minimum atomic E-state index is 0.444. The molecule has 0 fully saturated rings. The lowest BCUT2D eigenvalue weighted by atomic mass is 10.2. The fourth-order valence-electron chi connectivity index (χ4n) is 1.44. The van der Waals surface area contributed by atoms with Crippen LogP contribution in [0.15, 0.2) is 29.4 Å². The molecule has 0 aromatic heterocycles. The van der Waals surface area contributed by atoms with E-state index in [0.717, 1.165) is 18.5 Å². The average molecular weight is 218 g/mol. The van der Waals surface area contributed by atoms with Gasteiger partial charge in [0.1, 0.15) is 6.29 Å². The van der Waals surface area contributed by atoms with Crippen molar-refractivity contribution < 1.29 is 4.79 Å². The molecule has 1 aromatic rings. The van der Waals surface area contributed by atoms with Crippen LogP contribution in [0.25, 0.3) is 10.4 Å². The van der Waals surface area contributed by atoms with E-state index in [1.54, 1.807) is 12.1 Å². The molecular weight excluding hydrogens is 204 g/mol. The molecule has 16 heavy (non-hydrogen) atoms. The van der Waals surface area contributed by atoms with Crippen LogP contribution in [0.5, 0.6) is 0 Å². The molecule has 1 aromatic carbocycles. The number of hydrogen-bond donors (Lipinski definition) is 0. The zero-order valence-corrected chi connectivity index (χ0v) is 9.21. The molecule has 0 bridgehead atoms. The highest BCUT2D eigenvalue weighted by Gasteiger charge is 2.02. The molecule has 5 heteroatoms. The molecule has 0 heterocycles. The van der Waals surface area contributed by atoms with Gasteiger partial charge in [0.05, 0.1) is 0 Å². The first kappa shape index (κ1) is 12.1. The van der Waals surface area contributed by atoms with Crippen molar-refractivity contribution in [1.29, 1.82) is 0 Å². The molecule has 0 radical (unpaired) electrons. The van der Waals surface area contributed by atoms with Crippen molar-refractivity contribution in [2.75, 3.05) is 24.5 Å². The molecule has 84 valence electrons. The third kappa shape index (κ3) is 3.29. The number of hydrogen-bond acceptors (Lipinski definition) is 3. The predicted octanol–water partition coefficient (Wildman–Crippen LogP) is 2.64. The van der Waals surface area contributed by atoms with Crippen molar-refractivity contribution in [3.8, 4) is 0 Å². The maximum atomic E-state index is 10.5. The van der Waals surface area contributed by atoms with E-state index in [0.29, 0.717) is 18.7 Å². The van der Waals surface area contributed by atoms with Gasteiger partial charge in [-0.05, 0) is 36.7 Å². The third-order valence-corrected chi connectivity index (χ3v) is 2.31. The molecule has 0 aliphatic carbocycles. The Balaban J connectivity index is 2.70. The van der Waals surface area contributed by atoms with Gasteiger partial charge in [-0.15, -0.1) is 0 Å². The summed E-state index contributed by atoms with van der Waals surface area (Å²) in [6.07, 6.45) is 0.819. The summed E-state index contributed by atoms with van der Waals surface area (Å²) in [5, 5.41) is 3.50. The number of aldehydes is 1. The summed E-state index contributed by atoms with van der Waals surface area (Å²) >= 11 is 0. The van der Waals surface area contributed by atoms with Crippen molar-refractivity contribution >= 4 is 12.0 Å². The molecule has 0 N–H and O–H groups in total. The highest BCUT2D eigenvalue weighted by atomic mass is 16.1. The van der Waals surface area contributed by atoms with Crippen LogP contribution in [0.3, 0.4) is 0 Å². The lowest BCUT2D eigenvalue weighted by Crippen LogP contribution is -2.25. The molecule has 0 unspecified atom stereocenters. The van der Waals surface area contributed by atoms with Gasteiger partial charge in [-0.1, -0.05) is 5.11 Å². The molecule has 0 amide bonds. The molecule has 0 aliphatic heterocycles. The molecule has 0 saturated carbocycles. The van der Waals surface area contributed by atoms with Gasteiger partial charge in [0.2, 0.25) is 0 Å². The maximum absolute atomic E-state index is 10.5. The Bertz CT molecular complexity index is 381. The number of azide groups is 1. The van der Waals surface area contributed by atoms with Crippen molar-refractivity contribution in [3.63, 3.8) is 0 Å². The summed E-state index contributed by atoms with van der Waals surface area (Å²) in [6, 6.07) is 7.34. The van der Waals surface area contributed by atoms with E-state index in [4.69, 9.17) is 5.53 Å². The second-order valence-corrected chi connectivity index (χ2v) is 3.24. The van der Waals surface area contributed by atoms with Crippen LogP contribution in [0.2, 0.25) is 0 Å². The Hall–Kier alpha value is -2.00. The summed E-state index contributed by atoms with van der Waals surface area (Å²) in [4.78, 5) is 15.3. The number of anilines is 1. The highest BCUT2D eigenvalue weighted by Crippen LogP contribution is 2.14. The predicted molar refractivity (Wildman–Crippen MR) is 63.7 cm³/mol. The van der Waals surface area contributed by atoms with E-state index >= 15 is 0 Å². The number of carbonyl (C=O) groups is 1. The van der Waals surface area contributed by atoms with Crippen molar-refractivity contribution in [2.24, 2.45) is 5.11 Å². The third-order valence-electron chi connectivity index (χ3n) is 2.31. The van der Waals surface area contributed by atoms with Crippen LogP contribution < -0.4 is 4.90 Å². The van der Waals surface area contributed by atoms with Crippen LogP contribution in [-0.2, 0) is 0 Å². The van der Waals surface area contributed by atoms with Crippen LogP contribution in [0.4, 0.5) is 5.69 Å². The minimum absolute atomic E-state index is 0.444. The number of carbonyl (C=O) groups excluding carboxylic acids is 1. The smallest absolute Gasteiger partial charge is 0.150 e. The van der Waals surface area contributed by atoms with Crippen LogP contribution >= 0.6 is 0 Å². The monoisotopic (exact) mass is 218 g/mol. The normalized spacial score (nSPS) is 9.31. The Labute approximate surface area is 94.3 Å². The number of rotatable bonds is 6. The van der Waals surface area contributed by atoms with E-state index in [9.17, 15) is 4.79 Å². The van der Waals surface area contributed by atoms with Gasteiger partial charge in [-0.3, -0.25) is 4.79 Å².